The maximum Gasteiger partial charge on any atom is 0.173 e. The topological polar surface area (TPSA) is 42.5 Å². The zero-order chi connectivity index (χ0) is 15.6. The Hall–Kier alpha value is -3.01. The van der Waals surface area contributed by atoms with E-state index >= 15 is 0 Å². The quantitative estimate of drug-likeness (QED) is 0.533. The first-order valence-electron chi connectivity index (χ1n) is 7.61. The fraction of sp³-hybridized carbons (Fsp3) is 0.105. The van der Waals surface area contributed by atoms with Crippen LogP contribution >= 0.6 is 0 Å². The molecule has 0 atom stereocenters. The summed E-state index contributed by atoms with van der Waals surface area (Å²) in [5.41, 5.74) is 3.53. The summed E-state index contributed by atoms with van der Waals surface area (Å²) in [6, 6.07) is 20.4. The van der Waals surface area contributed by atoms with Crippen LogP contribution in [0.3, 0.4) is 0 Å². The number of benzene rings is 2. The molecule has 0 N–H and O–H groups in total. The van der Waals surface area contributed by atoms with E-state index in [-0.39, 0.29) is 0 Å². The second kappa shape index (κ2) is 5.65. The third-order valence-corrected chi connectivity index (χ3v) is 3.86. The van der Waals surface area contributed by atoms with Crippen LogP contribution in [0.15, 0.2) is 71.9 Å². The van der Waals surface area contributed by atoms with E-state index in [0.29, 0.717) is 12.0 Å². The highest BCUT2D eigenvalue weighted by atomic mass is 15.2. The minimum Gasteiger partial charge on any atom is -0.260 e. The van der Waals surface area contributed by atoms with Gasteiger partial charge < -0.3 is 0 Å². The van der Waals surface area contributed by atoms with Crippen LogP contribution in [0.5, 0.6) is 0 Å². The number of rotatable bonds is 2. The van der Waals surface area contributed by atoms with Gasteiger partial charge in [0, 0.05) is 11.6 Å². The molecule has 4 heteroatoms. The summed E-state index contributed by atoms with van der Waals surface area (Å²) in [6.45, 7) is 2.55. The van der Waals surface area contributed by atoms with Crippen LogP contribution in [0.2, 0.25) is 0 Å². The lowest BCUT2D eigenvalue weighted by atomic mass is 10.2. The Morgan fingerprint density at radius 1 is 0.957 bits per heavy atom. The molecule has 0 aliphatic rings. The monoisotopic (exact) mass is 300 g/mol. The summed E-state index contributed by atoms with van der Waals surface area (Å²) < 4.78 is 1.82. The maximum absolute atomic E-state index is 4.75. The number of pyridine rings is 1. The van der Waals surface area contributed by atoms with Crippen LogP contribution in [0.25, 0.3) is 16.4 Å². The van der Waals surface area contributed by atoms with Crippen LogP contribution in [0, 0.1) is 6.92 Å². The van der Waals surface area contributed by atoms with Crippen molar-refractivity contribution in [3.8, 4) is 0 Å². The van der Waals surface area contributed by atoms with Gasteiger partial charge in [-0.25, -0.2) is 9.50 Å². The van der Waals surface area contributed by atoms with Crippen molar-refractivity contribution in [2.75, 3.05) is 0 Å². The highest BCUT2D eigenvalue weighted by molar-refractivity contribution is 5.93. The second-order valence-electron chi connectivity index (χ2n) is 5.49. The Morgan fingerprint density at radius 3 is 2.61 bits per heavy atom. The summed E-state index contributed by atoms with van der Waals surface area (Å²) in [5.74, 6) is 0. The highest BCUT2D eigenvalue weighted by Crippen LogP contribution is 2.16. The average molecular weight is 300 g/mol. The van der Waals surface area contributed by atoms with Gasteiger partial charge >= 0.3 is 0 Å². The minimum atomic E-state index is 0.608. The summed E-state index contributed by atoms with van der Waals surface area (Å²) in [7, 11) is 0. The van der Waals surface area contributed by atoms with Crippen LogP contribution in [-0.4, -0.2) is 14.6 Å². The number of aryl methyl sites for hydroxylation is 1. The molecular weight excluding hydrogens is 284 g/mol. The predicted octanol–water partition coefficient (Wildman–Crippen LogP) is 3.29. The van der Waals surface area contributed by atoms with E-state index in [4.69, 9.17) is 4.98 Å². The van der Waals surface area contributed by atoms with Crippen molar-refractivity contribution in [1.29, 1.82) is 0 Å². The van der Waals surface area contributed by atoms with Gasteiger partial charge in [-0.2, -0.15) is 5.10 Å². The van der Waals surface area contributed by atoms with Crippen molar-refractivity contribution in [3.05, 3.63) is 83.6 Å². The fourth-order valence-electron chi connectivity index (χ4n) is 2.67. The zero-order valence-corrected chi connectivity index (χ0v) is 12.8. The molecule has 23 heavy (non-hydrogen) atoms. The van der Waals surface area contributed by atoms with Crippen molar-refractivity contribution >= 4 is 16.4 Å². The molecule has 0 aliphatic carbocycles. The molecule has 0 bridgehead atoms. The summed E-state index contributed by atoms with van der Waals surface area (Å²) in [6.07, 6.45) is 1.94. The summed E-state index contributed by atoms with van der Waals surface area (Å²) in [4.78, 5) is 9.40. The maximum atomic E-state index is 4.75. The normalized spacial score (nSPS) is 12.1. The summed E-state index contributed by atoms with van der Waals surface area (Å²) >= 11 is 0. The van der Waals surface area contributed by atoms with Gasteiger partial charge in [0.05, 0.1) is 6.54 Å². The van der Waals surface area contributed by atoms with E-state index in [1.807, 2.05) is 48.0 Å². The number of hydrogen-bond acceptors (Lipinski definition) is 3. The first-order chi connectivity index (χ1) is 11.3. The Bertz CT molecular complexity index is 1050. The first kappa shape index (κ1) is 13.6. The molecule has 4 rings (SSSR count). The molecular formula is C19H16N4. The third kappa shape index (κ3) is 2.59. The number of nitrogens with zero attached hydrogens (tertiary/aromatic N) is 4. The Kier molecular flexibility index (Phi) is 3.35. The molecule has 0 aliphatic heterocycles. The van der Waals surface area contributed by atoms with E-state index in [2.05, 4.69) is 40.4 Å². The van der Waals surface area contributed by atoms with E-state index in [1.165, 1.54) is 5.56 Å². The van der Waals surface area contributed by atoms with Gasteiger partial charge in [-0.3, -0.25) is 4.99 Å². The minimum absolute atomic E-state index is 0.608. The lowest BCUT2D eigenvalue weighted by Crippen LogP contribution is -2.18. The molecule has 4 nitrogen and oxygen atoms in total. The van der Waals surface area contributed by atoms with E-state index in [9.17, 15) is 0 Å². The van der Waals surface area contributed by atoms with Crippen molar-refractivity contribution in [2.24, 2.45) is 4.99 Å². The molecule has 0 unspecified atom stereocenters. The molecule has 112 valence electrons. The molecule has 2 aromatic heterocycles. The van der Waals surface area contributed by atoms with Gasteiger partial charge in [-0.05, 0) is 23.9 Å². The Morgan fingerprint density at radius 2 is 1.74 bits per heavy atom. The molecule has 0 saturated carbocycles. The molecule has 0 amide bonds. The van der Waals surface area contributed by atoms with E-state index in [1.54, 1.807) is 0 Å². The fourth-order valence-corrected chi connectivity index (χ4v) is 2.67. The van der Waals surface area contributed by atoms with Crippen LogP contribution in [-0.2, 0) is 6.54 Å². The lowest BCUT2D eigenvalue weighted by molar-refractivity contribution is 0.820. The highest BCUT2D eigenvalue weighted by Gasteiger charge is 2.04. The first-order valence-corrected chi connectivity index (χ1v) is 7.61. The van der Waals surface area contributed by atoms with Crippen molar-refractivity contribution < 1.29 is 0 Å². The molecule has 2 heterocycles. The standard InChI is InChI=1S/C19H16N4/c1-14-18(20-13-15-7-3-2-4-8-15)21-19-17-10-6-5-9-16(17)11-12-23(19)22-14/h2-12H,13H2,1H3. The third-order valence-electron chi connectivity index (χ3n) is 3.86. The van der Waals surface area contributed by atoms with Gasteiger partial charge in [0.1, 0.15) is 5.69 Å². The van der Waals surface area contributed by atoms with Gasteiger partial charge in [0.25, 0.3) is 0 Å². The Balaban J connectivity index is 1.89. The van der Waals surface area contributed by atoms with E-state index < -0.39 is 0 Å². The number of hydrogen-bond donors (Lipinski definition) is 0. The van der Waals surface area contributed by atoms with Gasteiger partial charge in [-0.1, -0.05) is 54.6 Å². The SMILES string of the molecule is Cc1nn2ccc3ccccc3c2nc1=NCc1ccccc1. The second-order valence-corrected chi connectivity index (χ2v) is 5.49. The molecule has 0 radical (unpaired) electrons. The van der Waals surface area contributed by atoms with Gasteiger partial charge in [0.15, 0.2) is 11.1 Å². The average Bonchev–Trinajstić information content (AvgIpc) is 2.61. The zero-order valence-electron chi connectivity index (χ0n) is 12.8. The largest absolute Gasteiger partial charge is 0.260 e. The molecule has 0 spiro atoms. The van der Waals surface area contributed by atoms with Crippen molar-refractivity contribution in [2.45, 2.75) is 13.5 Å². The molecule has 4 aromatic rings. The van der Waals surface area contributed by atoms with Crippen LogP contribution in [0.4, 0.5) is 0 Å². The molecule has 0 saturated heterocycles. The van der Waals surface area contributed by atoms with Crippen LogP contribution < -0.4 is 5.49 Å². The van der Waals surface area contributed by atoms with Crippen molar-refractivity contribution in [3.63, 3.8) is 0 Å². The van der Waals surface area contributed by atoms with Gasteiger partial charge in [0.2, 0.25) is 0 Å². The van der Waals surface area contributed by atoms with E-state index in [0.717, 1.165) is 22.1 Å². The van der Waals surface area contributed by atoms with Gasteiger partial charge in [-0.15, -0.1) is 0 Å². The Labute approximate surface area is 133 Å². The lowest BCUT2D eigenvalue weighted by Gasteiger charge is -2.05. The number of fused-ring (bicyclic) bond motifs is 3. The molecule has 2 aromatic carbocycles. The smallest absolute Gasteiger partial charge is 0.173 e. The van der Waals surface area contributed by atoms with Crippen LogP contribution in [0.1, 0.15) is 11.3 Å². The molecule has 0 fully saturated rings. The predicted molar refractivity (Wildman–Crippen MR) is 90.9 cm³/mol. The van der Waals surface area contributed by atoms with Crippen molar-refractivity contribution in [1.82, 2.24) is 14.6 Å². The number of aromatic nitrogens is 3. The summed E-state index contributed by atoms with van der Waals surface area (Å²) in [5, 5.41) is 6.83.